The minimum atomic E-state index is -1.08. The van der Waals surface area contributed by atoms with E-state index in [1.807, 2.05) is 61.0 Å². The number of benzene rings is 2. The summed E-state index contributed by atoms with van der Waals surface area (Å²) < 4.78 is 24.1. The summed E-state index contributed by atoms with van der Waals surface area (Å²) in [7, 11) is 3.80. The molecule has 8 nitrogen and oxygen atoms in total. The maximum atomic E-state index is 14.9. The Morgan fingerprint density at radius 1 is 1.09 bits per heavy atom. The third kappa shape index (κ3) is 4.30. The lowest BCUT2D eigenvalue weighted by atomic mass is 10.0. The zero-order chi connectivity index (χ0) is 23.9. The van der Waals surface area contributed by atoms with Gasteiger partial charge in [0.1, 0.15) is 30.2 Å². The molecule has 10 heteroatoms. The standard InChI is InChI=1S/C25H24FN7OS/c1-32-6-5-21(18(26)12-32)34-22-8-15(16-10-30-33(2)11-16)7-20-24(22)25(28-13-27-20)31-17-3-4-19-23(9-17)35-14-29-19/h3-4,7-11,13-14,18,21H,5-6,12H2,1-2H3,(H,27,28,31)/t18-,21-/m0/s1. The first-order chi connectivity index (χ1) is 17.0. The maximum Gasteiger partial charge on any atom is 0.149 e. The zero-order valence-electron chi connectivity index (χ0n) is 19.3. The molecule has 0 bridgehead atoms. The van der Waals surface area contributed by atoms with Crippen molar-refractivity contribution < 1.29 is 9.13 Å². The summed E-state index contributed by atoms with van der Waals surface area (Å²) in [4.78, 5) is 15.4. The van der Waals surface area contributed by atoms with E-state index < -0.39 is 12.3 Å². The van der Waals surface area contributed by atoms with Crippen LogP contribution in [0, 0.1) is 0 Å². The molecule has 35 heavy (non-hydrogen) atoms. The summed E-state index contributed by atoms with van der Waals surface area (Å²) in [6.45, 7) is 1.13. The number of rotatable bonds is 5. The van der Waals surface area contributed by atoms with Crippen molar-refractivity contribution in [3.8, 4) is 16.9 Å². The Balaban J connectivity index is 1.45. The highest BCUT2D eigenvalue weighted by molar-refractivity contribution is 7.16. The predicted molar refractivity (Wildman–Crippen MR) is 136 cm³/mol. The number of anilines is 2. The summed E-state index contributed by atoms with van der Waals surface area (Å²) in [6, 6.07) is 9.90. The molecule has 1 N–H and O–H groups in total. The lowest BCUT2D eigenvalue weighted by Gasteiger charge is -2.32. The Bertz CT molecular complexity index is 1520. The smallest absolute Gasteiger partial charge is 0.149 e. The first-order valence-electron chi connectivity index (χ1n) is 11.4. The van der Waals surface area contributed by atoms with Crippen molar-refractivity contribution >= 4 is 44.0 Å². The van der Waals surface area contributed by atoms with Crippen molar-refractivity contribution in [3.63, 3.8) is 0 Å². The average Bonchev–Trinajstić information content (AvgIpc) is 3.49. The second kappa shape index (κ2) is 8.86. The van der Waals surface area contributed by atoms with Gasteiger partial charge in [0.25, 0.3) is 0 Å². The van der Waals surface area contributed by atoms with Crippen molar-refractivity contribution in [2.45, 2.75) is 18.7 Å². The van der Waals surface area contributed by atoms with E-state index in [-0.39, 0.29) is 0 Å². The van der Waals surface area contributed by atoms with E-state index >= 15 is 0 Å². The fourth-order valence-corrected chi connectivity index (χ4v) is 5.20. The number of fused-ring (bicyclic) bond motifs is 2. The molecule has 1 fully saturated rings. The topological polar surface area (TPSA) is 81.0 Å². The van der Waals surface area contributed by atoms with E-state index in [1.54, 1.807) is 22.2 Å². The van der Waals surface area contributed by atoms with Gasteiger partial charge in [0.2, 0.25) is 0 Å². The van der Waals surface area contributed by atoms with E-state index in [0.29, 0.717) is 30.0 Å². The summed E-state index contributed by atoms with van der Waals surface area (Å²) in [5.74, 6) is 1.16. The molecule has 3 aromatic heterocycles. The summed E-state index contributed by atoms with van der Waals surface area (Å²) >= 11 is 1.58. The highest BCUT2D eigenvalue weighted by Gasteiger charge is 2.30. The molecule has 0 spiro atoms. The highest BCUT2D eigenvalue weighted by Crippen LogP contribution is 2.38. The number of nitrogens with zero attached hydrogens (tertiary/aromatic N) is 6. The Kier molecular flexibility index (Phi) is 5.54. The van der Waals surface area contributed by atoms with Crippen LogP contribution in [-0.2, 0) is 7.05 Å². The second-order valence-corrected chi connectivity index (χ2v) is 9.76. The third-order valence-corrected chi connectivity index (χ3v) is 7.09. The van der Waals surface area contributed by atoms with Crippen LogP contribution in [0.3, 0.4) is 0 Å². The zero-order valence-corrected chi connectivity index (χ0v) is 20.2. The van der Waals surface area contributed by atoms with Gasteiger partial charge in [-0.1, -0.05) is 0 Å². The van der Waals surface area contributed by atoms with Crippen molar-refractivity contribution in [3.05, 3.63) is 54.6 Å². The number of likely N-dealkylation sites (tertiary alicyclic amines) is 1. The van der Waals surface area contributed by atoms with E-state index in [0.717, 1.165) is 39.0 Å². The van der Waals surface area contributed by atoms with Crippen LogP contribution < -0.4 is 10.1 Å². The number of hydrogen-bond donors (Lipinski definition) is 1. The van der Waals surface area contributed by atoms with Crippen LogP contribution in [0.1, 0.15) is 6.42 Å². The van der Waals surface area contributed by atoms with Crippen molar-refractivity contribution in [1.29, 1.82) is 0 Å². The lowest BCUT2D eigenvalue weighted by molar-refractivity contribution is 0.0323. The minimum absolute atomic E-state index is 0.349. The van der Waals surface area contributed by atoms with Crippen molar-refractivity contribution in [2.24, 2.45) is 7.05 Å². The van der Waals surface area contributed by atoms with Gasteiger partial charge < -0.3 is 15.0 Å². The van der Waals surface area contributed by atoms with Crippen LogP contribution in [0.5, 0.6) is 5.75 Å². The average molecular weight is 490 g/mol. The van der Waals surface area contributed by atoms with Crippen LogP contribution in [0.2, 0.25) is 0 Å². The lowest BCUT2D eigenvalue weighted by Crippen LogP contribution is -2.45. The van der Waals surface area contributed by atoms with E-state index in [9.17, 15) is 4.39 Å². The molecular formula is C25H24FN7OS. The summed E-state index contributed by atoms with van der Waals surface area (Å²) in [6.07, 6.45) is 4.24. The van der Waals surface area contributed by atoms with Gasteiger partial charge in [0.05, 0.1) is 32.8 Å². The SMILES string of the molecule is CN1CC[C@H](Oc2cc(-c3cnn(C)c3)cc3ncnc(Nc4ccc5ncsc5c4)c23)[C@@H](F)C1. The summed E-state index contributed by atoms with van der Waals surface area (Å²) in [5.41, 5.74) is 6.21. The minimum Gasteiger partial charge on any atom is -0.486 e. The molecule has 0 amide bonds. The normalized spacial score (nSPS) is 18.8. The number of ether oxygens (including phenoxy) is 1. The van der Waals surface area contributed by atoms with Gasteiger partial charge >= 0.3 is 0 Å². The van der Waals surface area contributed by atoms with Crippen LogP contribution in [-0.4, -0.2) is 62.0 Å². The fourth-order valence-electron chi connectivity index (χ4n) is 4.48. The van der Waals surface area contributed by atoms with Crippen LogP contribution >= 0.6 is 11.3 Å². The van der Waals surface area contributed by atoms with Crippen LogP contribution in [0.4, 0.5) is 15.9 Å². The molecule has 0 saturated carbocycles. The summed E-state index contributed by atoms with van der Waals surface area (Å²) in [5, 5.41) is 8.43. The quantitative estimate of drug-likeness (QED) is 0.380. The van der Waals surface area contributed by atoms with E-state index in [1.165, 1.54) is 6.33 Å². The Morgan fingerprint density at radius 3 is 2.83 bits per heavy atom. The van der Waals surface area contributed by atoms with Crippen LogP contribution in [0.25, 0.3) is 32.2 Å². The second-order valence-electron chi connectivity index (χ2n) is 8.88. The van der Waals surface area contributed by atoms with Gasteiger partial charge in [-0.05, 0) is 49.4 Å². The molecule has 1 aliphatic rings. The molecule has 0 aliphatic carbocycles. The molecule has 2 aromatic carbocycles. The molecular weight excluding hydrogens is 465 g/mol. The molecule has 1 saturated heterocycles. The molecule has 178 valence electrons. The van der Waals surface area contributed by atoms with Gasteiger partial charge in [-0.25, -0.2) is 19.3 Å². The Hall–Kier alpha value is -3.63. The number of nitrogens with one attached hydrogen (secondary N) is 1. The molecule has 2 atom stereocenters. The van der Waals surface area contributed by atoms with Crippen molar-refractivity contribution in [1.82, 2.24) is 29.6 Å². The third-order valence-electron chi connectivity index (χ3n) is 6.30. The highest BCUT2D eigenvalue weighted by atomic mass is 32.1. The monoisotopic (exact) mass is 489 g/mol. The number of alkyl halides is 1. The molecule has 4 heterocycles. The molecule has 6 rings (SSSR count). The Morgan fingerprint density at radius 2 is 2.00 bits per heavy atom. The van der Waals surface area contributed by atoms with Crippen molar-refractivity contribution in [2.75, 3.05) is 25.5 Å². The first kappa shape index (κ1) is 21.9. The number of piperidine rings is 1. The first-order valence-corrected chi connectivity index (χ1v) is 12.3. The maximum absolute atomic E-state index is 14.9. The van der Waals surface area contributed by atoms with Gasteiger partial charge in [0, 0.05) is 37.6 Å². The predicted octanol–water partition coefficient (Wildman–Crippen LogP) is 4.80. The molecule has 0 unspecified atom stereocenters. The molecule has 1 aliphatic heterocycles. The number of aryl methyl sites for hydroxylation is 1. The number of hydrogen-bond acceptors (Lipinski definition) is 8. The Labute approximate surface area is 205 Å². The number of halogens is 1. The van der Waals surface area contributed by atoms with E-state index in [4.69, 9.17) is 4.74 Å². The van der Waals surface area contributed by atoms with Gasteiger partial charge in [0.15, 0.2) is 0 Å². The number of thiazole rings is 1. The van der Waals surface area contributed by atoms with Gasteiger partial charge in [-0.2, -0.15) is 5.10 Å². The molecule has 5 aromatic rings. The largest absolute Gasteiger partial charge is 0.486 e. The fraction of sp³-hybridized carbons (Fsp3) is 0.280. The van der Waals surface area contributed by atoms with Gasteiger partial charge in [-0.3, -0.25) is 4.68 Å². The van der Waals surface area contributed by atoms with Gasteiger partial charge in [-0.15, -0.1) is 11.3 Å². The number of aromatic nitrogens is 5. The molecule has 0 radical (unpaired) electrons. The van der Waals surface area contributed by atoms with Crippen LogP contribution in [0.15, 0.2) is 54.6 Å². The van der Waals surface area contributed by atoms with E-state index in [2.05, 4.69) is 25.4 Å².